The van der Waals surface area contributed by atoms with E-state index in [-0.39, 0.29) is 5.41 Å². The molecule has 0 heterocycles. The maximum Gasteiger partial charge on any atom is 0.130 e. The molecule has 0 aromatic heterocycles. The molecule has 1 aromatic carbocycles. The van der Waals surface area contributed by atoms with E-state index in [2.05, 4.69) is 13.8 Å². The van der Waals surface area contributed by atoms with Crippen LogP contribution in [0.1, 0.15) is 20.3 Å². The van der Waals surface area contributed by atoms with E-state index in [1.165, 1.54) is 0 Å². The number of benzene rings is 1. The van der Waals surface area contributed by atoms with Gasteiger partial charge in [0.25, 0.3) is 0 Å². The fourth-order valence-corrected chi connectivity index (χ4v) is 3.94. The van der Waals surface area contributed by atoms with Crippen molar-refractivity contribution in [1.29, 1.82) is 0 Å². The first-order valence-corrected chi connectivity index (χ1v) is 6.16. The van der Waals surface area contributed by atoms with Crippen molar-refractivity contribution in [3.8, 4) is 0 Å². The number of rotatable bonds is 2. The van der Waals surface area contributed by atoms with E-state index in [1.807, 2.05) is 30.3 Å². The highest BCUT2D eigenvalue weighted by Gasteiger charge is 2.64. The minimum atomic E-state index is -1.09. The van der Waals surface area contributed by atoms with Gasteiger partial charge in [0.1, 0.15) is 4.21 Å². The van der Waals surface area contributed by atoms with Crippen molar-refractivity contribution in [3.63, 3.8) is 0 Å². The van der Waals surface area contributed by atoms with Crippen LogP contribution in [0.25, 0.3) is 0 Å². The van der Waals surface area contributed by atoms with Gasteiger partial charge in [0.2, 0.25) is 0 Å². The van der Waals surface area contributed by atoms with E-state index in [9.17, 15) is 4.21 Å². The molecule has 1 aromatic rings. The van der Waals surface area contributed by atoms with E-state index in [1.54, 1.807) is 0 Å². The molecule has 0 amide bonds. The van der Waals surface area contributed by atoms with Crippen molar-refractivity contribution in [2.24, 2.45) is 5.41 Å². The zero-order valence-electron chi connectivity index (χ0n) is 8.29. The molecule has 0 bridgehead atoms. The summed E-state index contributed by atoms with van der Waals surface area (Å²) < 4.78 is 11.6. The monoisotopic (exact) mass is 228 g/mol. The third-order valence-electron chi connectivity index (χ3n) is 2.81. The smallest absolute Gasteiger partial charge is 0.130 e. The molecule has 0 radical (unpaired) electrons. The average Bonchev–Trinajstić information content (AvgIpc) is 2.68. The molecule has 2 rings (SSSR count). The van der Waals surface area contributed by atoms with Crippen molar-refractivity contribution in [2.75, 3.05) is 0 Å². The second-order valence-electron chi connectivity index (χ2n) is 4.37. The molecule has 0 unspecified atom stereocenters. The van der Waals surface area contributed by atoms with Gasteiger partial charge in [-0.25, -0.2) is 0 Å². The SMILES string of the molecule is CC1(C)C[C@@]1(Cl)[S@@](=O)c1ccccc1. The third kappa shape index (κ3) is 1.41. The molecule has 1 fully saturated rings. The quantitative estimate of drug-likeness (QED) is 0.711. The van der Waals surface area contributed by atoms with Gasteiger partial charge < -0.3 is 0 Å². The maximum atomic E-state index is 12.1. The van der Waals surface area contributed by atoms with Gasteiger partial charge >= 0.3 is 0 Å². The maximum absolute atomic E-state index is 12.1. The van der Waals surface area contributed by atoms with Gasteiger partial charge in [-0.15, -0.1) is 11.6 Å². The van der Waals surface area contributed by atoms with E-state index >= 15 is 0 Å². The van der Waals surface area contributed by atoms with Crippen LogP contribution >= 0.6 is 11.6 Å². The Labute approximate surface area is 91.9 Å². The summed E-state index contributed by atoms with van der Waals surface area (Å²) in [4.78, 5) is 0.827. The Morgan fingerprint density at radius 3 is 2.21 bits per heavy atom. The van der Waals surface area contributed by atoms with Crippen molar-refractivity contribution in [2.45, 2.75) is 29.4 Å². The summed E-state index contributed by atoms with van der Waals surface area (Å²) in [6.07, 6.45) is 0.822. The highest BCUT2D eigenvalue weighted by atomic mass is 35.5. The van der Waals surface area contributed by atoms with Crippen molar-refractivity contribution < 1.29 is 4.21 Å². The summed E-state index contributed by atoms with van der Waals surface area (Å²) in [5.41, 5.74) is -0.00470. The lowest BCUT2D eigenvalue weighted by Crippen LogP contribution is -2.15. The summed E-state index contributed by atoms with van der Waals surface area (Å²) in [7, 11) is -1.09. The molecule has 2 atom stereocenters. The standard InChI is InChI=1S/C11H13ClOS/c1-10(2)8-11(10,12)14(13)9-6-4-3-5-7-9/h3-7H,8H2,1-2H3/t11-,14+/m1/s1. The van der Waals surface area contributed by atoms with E-state index in [4.69, 9.17) is 11.6 Å². The second kappa shape index (κ2) is 3.07. The molecule has 1 aliphatic rings. The Morgan fingerprint density at radius 2 is 1.79 bits per heavy atom. The summed E-state index contributed by atoms with van der Waals surface area (Å²) in [6, 6.07) is 9.44. The summed E-state index contributed by atoms with van der Waals surface area (Å²) in [6.45, 7) is 4.11. The molecule has 0 aliphatic heterocycles. The van der Waals surface area contributed by atoms with Gasteiger partial charge in [-0.1, -0.05) is 32.0 Å². The van der Waals surface area contributed by atoms with Crippen molar-refractivity contribution >= 4 is 22.4 Å². The van der Waals surface area contributed by atoms with Crippen molar-refractivity contribution in [3.05, 3.63) is 30.3 Å². The molecule has 76 valence electrons. The van der Waals surface area contributed by atoms with Crippen LogP contribution in [0.4, 0.5) is 0 Å². The van der Waals surface area contributed by atoms with Crippen molar-refractivity contribution in [1.82, 2.24) is 0 Å². The molecule has 3 heteroatoms. The third-order valence-corrected chi connectivity index (χ3v) is 5.86. The van der Waals surface area contributed by atoms with E-state index < -0.39 is 15.0 Å². The molecular formula is C11H13ClOS. The fourth-order valence-electron chi connectivity index (χ4n) is 1.57. The number of alkyl halides is 1. The molecule has 1 aliphatic carbocycles. The van der Waals surface area contributed by atoms with Gasteiger partial charge in [0.05, 0.1) is 10.8 Å². The highest BCUT2D eigenvalue weighted by Crippen LogP contribution is 2.63. The molecular weight excluding hydrogens is 216 g/mol. The minimum Gasteiger partial charge on any atom is -0.252 e. The summed E-state index contributed by atoms with van der Waals surface area (Å²) >= 11 is 6.32. The second-order valence-corrected chi connectivity index (χ2v) is 6.95. The Balaban J connectivity index is 2.28. The molecule has 0 N–H and O–H groups in total. The van der Waals surface area contributed by atoms with Gasteiger partial charge in [-0.2, -0.15) is 0 Å². The number of halogens is 1. The zero-order valence-corrected chi connectivity index (χ0v) is 9.86. The fraction of sp³-hybridized carbons (Fsp3) is 0.455. The number of hydrogen-bond donors (Lipinski definition) is 0. The predicted octanol–water partition coefficient (Wildman–Crippen LogP) is 3.16. The van der Waals surface area contributed by atoms with Crippen LogP contribution < -0.4 is 0 Å². The topological polar surface area (TPSA) is 17.1 Å². The van der Waals surface area contributed by atoms with E-state index in [0.29, 0.717) is 0 Å². The van der Waals surface area contributed by atoms with Gasteiger partial charge in [-0.3, -0.25) is 4.21 Å². The van der Waals surface area contributed by atoms with Crippen LogP contribution in [0, 0.1) is 5.41 Å². The van der Waals surface area contributed by atoms with Crippen LogP contribution in [-0.4, -0.2) is 8.42 Å². The summed E-state index contributed by atoms with van der Waals surface area (Å²) in [5, 5.41) is 0. The molecule has 0 spiro atoms. The molecule has 1 saturated carbocycles. The lowest BCUT2D eigenvalue weighted by atomic mass is 10.2. The first-order chi connectivity index (χ1) is 6.47. The Bertz CT molecular complexity index is 374. The highest BCUT2D eigenvalue weighted by molar-refractivity contribution is 7.88. The first-order valence-electron chi connectivity index (χ1n) is 4.63. The molecule has 0 saturated heterocycles. The lowest BCUT2D eigenvalue weighted by molar-refractivity contribution is 0.625. The largest absolute Gasteiger partial charge is 0.252 e. The predicted molar refractivity (Wildman–Crippen MR) is 59.8 cm³/mol. The van der Waals surface area contributed by atoms with Crippen LogP contribution in [-0.2, 0) is 10.8 Å². The molecule has 14 heavy (non-hydrogen) atoms. The van der Waals surface area contributed by atoms with Crippen LogP contribution in [0.2, 0.25) is 0 Å². The van der Waals surface area contributed by atoms with Gasteiger partial charge in [0, 0.05) is 4.90 Å². The van der Waals surface area contributed by atoms with Crippen LogP contribution in [0.5, 0.6) is 0 Å². The first kappa shape index (κ1) is 10.2. The minimum absolute atomic E-state index is 0.00470. The van der Waals surface area contributed by atoms with Gasteiger partial charge in [0.15, 0.2) is 0 Å². The zero-order chi connectivity index (χ0) is 10.4. The molecule has 1 nitrogen and oxygen atoms in total. The van der Waals surface area contributed by atoms with Crippen LogP contribution in [0.3, 0.4) is 0 Å². The Hall–Kier alpha value is -0.340. The average molecular weight is 229 g/mol. The number of hydrogen-bond acceptors (Lipinski definition) is 1. The van der Waals surface area contributed by atoms with Gasteiger partial charge in [-0.05, 0) is 24.0 Å². The lowest BCUT2D eigenvalue weighted by Gasteiger charge is -2.11. The summed E-state index contributed by atoms with van der Waals surface area (Å²) in [5.74, 6) is 0. The van der Waals surface area contributed by atoms with E-state index in [0.717, 1.165) is 11.3 Å². The van der Waals surface area contributed by atoms with Crippen LogP contribution in [0.15, 0.2) is 35.2 Å². The Morgan fingerprint density at radius 1 is 1.29 bits per heavy atom. The Kier molecular flexibility index (Phi) is 2.24. The normalized spacial score (nSPS) is 31.1.